The first kappa shape index (κ1) is 10.7. The molecule has 0 unspecified atom stereocenters. The average molecular weight is 205 g/mol. The summed E-state index contributed by atoms with van der Waals surface area (Å²) < 4.78 is 0. The Morgan fingerprint density at radius 1 is 1.53 bits per heavy atom. The molecule has 0 saturated carbocycles. The van der Waals surface area contributed by atoms with Gasteiger partial charge in [-0.3, -0.25) is 0 Å². The molecule has 15 heavy (non-hydrogen) atoms. The molecule has 0 spiro atoms. The second kappa shape index (κ2) is 4.33. The van der Waals surface area contributed by atoms with Gasteiger partial charge < -0.3 is 10.4 Å². The third kappa shape index (κ3) is 2.39. The van der Waals surface area contributed by atoms with Crippen molar-refractivity contribution in [3.63, 3.8) is 0 Å². The standard InChI is InChI=1S/C13H19NO/c1-9-3-4-11-5-6-13(12(11)7-9)14-8-10(2)15/h3-4,7,10,13-15H,5-6,8H2,1-2H3/t10-,13-/m0/s1. The molecule has 1 aliphatic rings. The van der Waals surface area contributed by atoms with E-state index in [1.165, 1.54) is 16.7 Å². The molecular formula is C13H19NO. The SMILES string of the molecule is Cc1ccc2c(c1)[C@@H](NC[C@H](C)O)CC2. The largest absolute Gasteiger partial charge is 0.392 e. The van der Waals surface area contributed by atoms with Crippen LogP contribution in [0, 0.1) is 6.92 Å². The predicted molar refractivity (Wildman–Crippen MR) is 61.9 cm³/mol. The van der Waals surface area contributed by atoms with Crippen molar-refractivity contribution >= 4 is 0 Å². The summed E-state index contributed by atoms with van der Waals surface area (Å²) >= 11 is 0. The van der Waals surface area contributed by atoms with Crippen molar-refractivity contribution in [2.45, 2.75) is 38.8 Å². The zero-order valence-electron chi connectivity index (χ0n) is 9.46. The fraction of sp³-hybridized carbons (Fsp3) is 0.538. The maximum absolute atomic E-state index is 9.25. The molecular weight excluding hydrogens is 186 g/mol. The van der Waals surface area contributed by atoms with E-state index in [1.54, 1.807) is 0 Å². The van der Waals surface area contributed by atoms with Crippen LogP contribution in [0.25, 0.3) is 0 Å². The third-order valence-electron chi connectivity index (χ3n) is 3.04. The fourth-order valence-corrected chi connectivity index (χ4v) is 2.25. The van der Waals surface area contributed by atoms with E-state index in [2.05, 4.69) is 30.4 Å². The molecule has 0 aromatic heterocycles. The van der Waals surface area contributed by atoms with Crippen molar-refractivity contribution in [2.24, 2.45) is 0 Å². The number of aliphatic hydroxyl groups excluding tert-OH is 1. The van der Waals surface area contributed by atoms with E-state index in [9.17, 15) is 5.11 Å². The van der Waals surface area contributed by atoms with Gasteiger partial charge in [0.1, 0.15) is 0 Å². The lowest BCUT2D eigenvalue weighted by Gasteiger charge is -2.15. The second-order valence-electron chi connectivity index (χ2n) is 4.55. The van der Waals surface area contributed by atoms with Crippen LogP contribution in [-0.4, -0.2) is 17.8 Å². The molecule has 1 aromatic carbocycles. The van der Waals surface area contributed by atoms with Gasteiger partial charge in [-0.2, -0.15) is 0 Å². The molecule has 0 bridgehead atoms. The number of nitrogens with one attached hydrogen (secondary N) is 1. The molecule has 0 amide bonds. The zero-order chi connectivity index (χ0) is 10.8. The molecule has 2 atom stereocenters. The summed E-state index contributed by atoms with van der Waals surface area (Å²) in [6.45, 7) is 4.63. The highest BCUT2D eigenvalue weighted by Gasteiger charge is 2.21. The van der Waals surface area contributed by atoms with Crippen LogP contribution >= 0.6 is 0 Å². The summed E-state index contributed by atoms with van der Waals surface area (Å²) in [6, 6.07) is 7.11. The summed E-state index contributed by atoms with van der Waals surface area (Å²) in [4.78, 5) is 0. The van der Waals surface area contributed by atoms with Crippen LogP contribution in [0.15, 0.2) is 18.2 Å². The van der Waals surface area contributed by atoms with Crippen LogP contribution in [-0.2, 0) is 6.42 Å². The predicted octanol–water partition coefficient (Wildman–Crippen LogP) is 1.95. The molecule has 0 fully saturated rings. The van der Waals surface area contributed by atoms with Gasteiger partial charge in [0.05, 0.1) is 6.10 Å². The van der Waals surface area contributed by atoms with E-state index < -0.39 is 0 Å². The Bertz CT molecular complexity index is 346. The number of hydrogen-bond donors (Lipinski definition) is 2. The van der Waals surface area contributed by atoms with Crippen LogP contribution in [0.2, 0.25) is 0 Å². The van der Waals surface area contributed by atoms with Crippen molar-refractivity contribution < 1.29 is 5.11 Å². The van der Waals surface area contributed by atoms with Crippen LogP contribution in [0.4, 0.5) is 0 Å². The Morgan fingerprint density at radius 3 is 3.07 bits per heavy atom. The highest BCUT2D eigenvalue weighted by atomic mass is 16.3. The topological polar surface area (TPSA) is 32.3 Å². The van der Waals surface area contributed by atoms with Crippen LogP contribution in [0.3, 0.4) is 0 Å². The minimum absolute atomic E-state index is 0.265. The number of fused-ring (bicyclic) bond motifs is 1. The van der Waals surface area contributed by atoms with Crippen molar-refractivity contribution in [3.8, 4) is 0 Å². The van der Waals surface area contributed by atoms with Gasteiger partial charge in [0.25, 0.3) is 0 Å². The number of benzene rings is 1. The molecule has 82 valence electrons. The van der Waals surface area contributed by atoms with Gasteiger partial charge in [-0.15, -0.1) is 0 Å². The first-order valence-electron chi connectivity index (χ1n) is 5.67. The Kier molecular flexibility index (Phi) is 3.08. The van der Waals surface area contributed by atoms with Gasteiger partial charge in [0.15, 0.2) is 0 Å². The van der Waals surface area contributed by atoms with E-state index in [0.29, 0.717) is 12.6 Å². The molecule has 2 rings (SSSR count). The molecule has 0 radical (unpaired) electrons. The first-order chi connectivity index (χ1) is 7.16. The van der Waals surface area contributed by atoms with E-state index in [4.69, 9.17) is 0 Å². The number of aryl methyl sites for hydroxylation is 2. The van der Waals surface area contributed by atoms with Crippen LogP contribution in [0.5, 0.6) is 0 Å². The minimum atomic E-state index is -0.265. The average Bonchev–Trinajstić information content (AvgIpc) is 2.57. The molecule has 0 heterocycles. The summed E-state index contributed by atoms with van der Waals surface area (Å²) in [5, 5.41) is 12.7. The zero-order valence-corrected chi connectivity index (χ0v) is 9.46. The van der Waals surface area contributed by atoms with Gasteiger partial charge in [-0.1, -0.05) is 23.8 Å². The smallest absolute Gasteiger partial charge is 0.0636 e. The highest BCUT2D eigenvalue weighted by molar-refractivity contribution is 5.37. The first-order valence-corrected chi connectivity index (χ1v) is 5.67. The maximum Gasteiger partial charge on any atom is 0.0636 e. The number of rotatable bonds is 3. The molecule has 1 aromatic rings. The lowest BCUT2D eigenvalue weighted by Crippen LogP contribution is -2.27. The van der Waals surface area contributed by atoms with Gasteiger partial charge in [0, 0.05) is 12.6 Å². The quantitative estimate of drug-likeness (QED) is 0.790. The Labute approximate surface area is 91.3 Å². The fourth-order valence-electron chi connectivity index (χ4n) is 2.25. The summed E-state index contributed by atoms with van der Waals surface area (Å²) in [5.41, 5.74) is 4.21. The van der Waals surface area contributed by atoms with Crippen LogP contribution in [0.1, 0.15) is 36.1 Å². The van der Waals surface area contributed by atoms with Gasteiger partial charge in [0.2, 0.25) is 0 Å². The third-order valence-corrected chi connectivity index (χ3v) is 3.04. The van der Waals surface area contributed by atoms with E-state index in [1.807, 2.05) is 6.92 Å². The van der Waals surface area contributed by atoms with Crippen molar-refractivity contribution in [2.75, 3.05) is 6.54 Å². The summed E-state index contributed by atoms with van der Waals surface area (Å²) in [5.74, 6) is 0. The van der Waals surface area contributed by atoms with E-state index >= 15 is 0 Å². The van der Waals surface area contributed by atoms with Crippen molar-refractivity contribution in [1.82, 2.24) is 5.32 Å². The molecule has 1 aliphatic carbocycles. The number of hydrogen-bond acceptors (Lipinski definition) is 2. The van der Waals surface area contributed by atoms with E-state index in [0.717, 1.165) is 12.8 Å². The van der Waals surface area contributed by atoms with Crippen LogP contribution < -0.4 is 5.32 Å². The second-order valence-corrected chi connectivity index (χ2v) is 4.55. The molecule has 0 saturated heterocycles. The lowest BCUT2D eigenvalue weighted by atomic mass is 10.1. The van der Waals surface area contributed by atoms with E-state index in [-0.39, 0.29) is 6.10 Å². The molecule has 2 nitrogen and oxygen atoms in total. The normalized spacial score (nSPS) is 21.4. The monoisotopic (exact) mass is 205 g/mol. The van der Waals surface area contributed by atoms with Crippen molar-refractivity contribution in [3.05, 3.63) is 34.9 Å². The van der Waals surface area contributed by atoms with Gasteiger partial charge >= 0.3 is 0 Å². The highest BCUT2D eigenvalue weighted by Crippen LogP contribution is 2.31. The van der Waals surface area contributed by atoms with Gasteiger partial charge in [-0.25, -0.2) is 0 Å². The molecule has 2 heteroatoms. The molecule has 2 N–H and O–H groups in total. The minimum Gasteiger partial charge on any atom is -0.392 e. The number of aliphatic hydroxyl groups is 1. The Hall–Kier alpha value is -0.860. The van der Waals surface area contributed by atoms with Gasteiger partial charge in [-0.05, 0) is 37.8 Å². The summed E-state index contributed by atoms with van der Waals surface area (Å²) in [6.07, 6.45) is 2.05. The Morgan fingerprint density at radius 2 is 2.33 bits per heavy atom. The molecule has 0 aliphatic heterocycles. The Balaban J connectivity index is 2.10. The summed E-state index contributed by atoms with van der Waals surface area (Å²) in [7, 11) is 0. The maximum atomic E-state index is 9.25. The lowest BCUT2D eigenvalue weighted by molar-refractivity contribution is 0.186. The van der Waals surface area contributed by atoms with Crippen molar-refractivity contribution in [1.29, 1.82) is 0 Å².